The van der Waals surface area contributed by atoms with E-state index in [4.69, 9.17) is 9.47 Å². The van der Waals surface area contributed by atoms with Gasteiger partial charge in [0.15, 0.2) is 0 Å². The Bertz CT molecular complexity index is 793. The fraction of sp³-hybridized carbons (Fsp3) is 0.400. The highest BCUT2D eigenvalue weighted by Gasteiger charge is 2.24. The third kappa shape index (κ3) is 4.45. The van der Waals surface area contributed by atoms with Crippen molar-refractivity contribution in [2.75, 3.05) is 11.9 Å². The predicted molar refractivity (Wildman–Crippen MR) is 101 cm³/mol. The third-order valence-electron chi connectivity index (χ3n) is 3.81. The van der Waals surface area contributed by atoms with Crippen LogP contribution in [0.1, 0.15) is 59.3 Å². The van der Waals surface area contributed by atoms with E-state index in [1.807, 2.05) is 25.1 Å². The Hall–Kier alpha value is -2.76. The van der Waals surface area contributed by atoms with Crippen molar-refractivity contribution in [3.05, 3.63) is 46.8 Å². The van der Waals surface area contributed by atoms with E-state index in [9.17, 15) is 9.59 Å². The van der Waals surface area contributed by atoms with Crippen molar-refractivity contribution in [2.24, 2.45) is 0 Å². The largest absolute Gasteiger partial charge is 0.491 e. The molecule has 0 bridgehead atoms. The lowest BCUT2D eigenvalue weighted by atomic mass is 10.1. The SMILES string of the molecule is CCCOc1ccccc1NC(=O)c1[nH]c(C)c(C(=O)OC(C)C)c1C. The fourth-order valence-electron chi connectivity index (χ4n) is 2.65. The number of hydrogen-bond donors (Lipinski definition) is 2. The Morgan fingerprint density at radius 2 is 1.88 bits per heavy atom. The van der Waals surface area contributed by atoms with Gasteiger partial charge >= 0.3 is 5.97 Å². The summed E-state index contributed by atoms with van der Waals surface area (Å²) >= 11 is 0. The van der Waals surface area contributed by atoms with E-state index >= 15 is 0 Å². The number of nitrogens with one attached hydrogen (secondary N) is 2. The van der Waals surface area contributed by atoms with E-state index in [-0.39, 0.29) is 12.0 Å². The van der Waals surface area contributed by atoms with Gasteiger partial charge in [-0.2, -0.15) is 0 Å². The van der Waals surface area contributed by atoms with Crippen molar-refractivity contribution in [1.82, 2.24) is 4.98 Å². The van der Waals surface area contributed by atoms with Crippen LogP contribution >= 0.6 is 0 Å². The summed E-state index contributed by atoms with van der Waals surface area (Å²) in [5.74, 6) is -0.151. The van der Waals surface area contributed by atoms with E-state index in [0.29, 0.717) is 40.6 Å². The molecule has 0 saturated heterocycles. The molecule has 0 atom stereocenters. The number of hydrogen-bond acceptors (Lipinski definition) is 4. The molecule has 1 amide bonds. The fourth-order valence-corrected chi connectivity index (χ4v) is 2.65. The zero-order valence-corrected chi connectivity index (χ0v) is 15.9. The van der Waals surface area contributed by atoms with Gasteiger partial charge in [0, 0.05) is 5.69 Å². The first-order valence-corrected chi connectivity index (χ1v) is 8.78. The molecule has 6 nitrogen and oxygen atoms in total. The number of carbonyl (C=O) groups is 2. The summed E-state index contributed by atoms with van der Waals surface area (Å²) in [7, 11) is 0. The highest BCUT2D eigenvalue weighted by atomic mass is 16.5. The summed E-state index contributed by atoms with van der Waals surface area (Å²) in [6, 6.07) is 7.27. The first-order chi connectivity index (χ1) is 12.3. The number of anilines is 1. The van der Waals surface area contributed by atoms with Gasteiger partial charge in [0.1, 0.15) is 11.4 Å². The molecular formula is C20H26N2O4. The quantitative estimate of drug-likeness (QED) is 0.726. The summed E-state index contributed by atoms with van der Waals surface area (Å²) in [6.45, 7) is 9.64. The zero-order chi connectivity index (χ0) is 19.3. The molecule has 0 fully saturated rings. The maximum atomic E-state index is 12.7. The molecule has 2 N–H and O–H groups in total. The summed E-state index contributed by atoms with van der Waals surface area (Å²) in [5.41, 5.74) is 2.50. The number of aromatic nitrogens is 1. The predicted octanol–water partition coefficient (Wildman–Crippen LogP) is 4.24. The van der Waals surface area contributed by atoms with Gasteiger partial charge < -0.3 is 19.8 Å². The number of aryl methyl sites for hydroxylation is 1. The van der Waals surface area contributed by atoms with E-state index in [1.165, 1.54) is 0 Å². The van der Waals surface area contributed by atoms with Crippen molar-refractivity contribution >= 4 is 17.6 Å². The van der Waals surface area contributed by atoms with Crippen LogP contribution in [0.2, 0.25) is 0 Å². The van der Waals surface area contributed by atoms with Crippen molar-refractivity contribution < 1.29 is 19.1 Å². The molecule has 0 radical (unpaired) electrons. The second kappa shape index (κ2) is 8.56. The second-order valence-corrected chi connectivity index (χ2v) is 6.38. The lowest BCUT2D eigenvalue weighted by Gasteiger charge is -2.12. The van der Waals surface area contributed by atoms with Crippen LogP contribution in [0.15, 0.2) is 24.3 Å². The van der Waals surface area contributed by atoms with Crippen LogP contribution in [0.25, 0.3) is 0 Å². The average molecular weight is 358 g/mol. The molecule has 0 spiro atoms. The van der Waals surface area contributed by atoms with E-state index < -0.39 is 5.97 Å². The molecule has 1 heterocycles. The normalized spacial score (nSPS) is 10.7. The first-order valence-electron chi connectivity index (χ1n) is 8.78. The molecule has 0 saturated carbocycles. The molecule has 0 aliphatic heterocycles. The van der Waals surface area contributed by atoms with Gasteiger partial charge in [0.05, 0.1) is 24.0 Å². The van der Waals surface area contributed by atoms with Crippen LogP contribution in [0.3, 0.4) is 0 Å². The average Bonchev–Trinajstić information content (AvgIpc) is 2.88. The van der Waals surface area contributed by atoms with Gasteiger partial charge in [-0.3, -0.25) is 4.79 Å². The Kier molecular flexibility index (Phi) is 6.44. The summed E-state index contributed by atoms with van der Waals surface area (Å²) in [6.07, 6.45) is 0.648. The van der Waals surface area contributed by atoms with Crippen LogP contribution < -0.4 is 10.1 Å². The van der Waals surface area contributed by atoms with Gasteiger partial charge in [-0.1, -0.05) is 19.1 Å². The highest BCUT2D eigenvalue weighted by molar-refractivity contribution is 6.07. The van der Waals surface area contributed by atoms with Crippen LogP contribution in [-0.2, 0) is 4.74 Å². The standard InChI is InChI=1S/C20H26N2O4/c1-6-11-25-16-10-8-7-9-15(16)22-19(23)18-13(4)17(14(5)21-18)20(24)26-12(2)3/h7-10,12,21H,6,11H2,1-5H3,(H,22,23). The summed E-state index contributed by atoms with van der Waals surface area (Å²) < 4.78 is 10.9. The van der Waals surface area contributed by atoms with Gasteiger partial charge in [-0.25, -0.2) is 4.79 Å². The second-order valence-electron chi connectivity index (χ2n) is 6.38. The lowest BCUT2D eigenvalue weighted by molar-refractivity contribution is 0.0376. The number of para-hydroxylation sites is 2. The number of H-pyrrole nitrogens is 1. The van der Waals surface area contributed by atoms with Crippen LogP contribution in [0, 0.1) is 13.8 Å². The molecular weight excluding hydrogens is 332 g/mol. The van der Waals surface area contributed by atoms with Gasteiger partial charge in [0.25, 0.3) is 5.91 Å². The Balaban J connectivity index is 2.25. The van der Waals surface area contributed by atoms with Gasteiger partial charge in [-0.15, -0.1) is 0 Å². The first kappa shape index (κ1) is 19.6. The number of benzene rings is 1. The molecule has 2 aromatic rings. The van der Waals surface area contributed by atoms with E-state index in [1.54, 1.807) is 33.8 Å². The van der Waals surface area contributed by atoms with Crippen molar-refractivity contribution in [3.63, 3.8) is 0 Å². The van der Waals surface area contributed by atoms with Crippen molar-refractivity contribution in [1.29, 1.82) is 0 Å². The van der Waals surface area contributed by atoms with Crippen LogP contribution in [0.4, 0.5) is 5.69 Å². The molecule has 0 unspecified atom stereocenters. The Labute approximate surface area is 153 Å². The number of esters is 1. The highest BCUT2D eigenvalue weighted by Crippen LogP contribution is 2.26. The van der Waals surface area contributed by atoms with E-state index in [2.05, 4.69) is 10.3 Å². The molecule has 1 aromatic heterocycles. The Morgan fingerprint density at radius 1 is 1.19 bits per heavy atom. The molecule has 26 heavy (non-hydrogen) atoms. The monoisotopic (exact) mass is 358 g/mol. The molecule has 2 rings (SSSR count). The van der Waals surface area contributed by atoms with Crippen LogP contribution in [-0.4, -0.2) is 29.6 Å². The Morgan fingerprint density at radius 3 is 2.54 bits per heavy atom. The third-order valence-corrected chi connectivity index (χ3v) is 3.81. The molecule has 0 aliphatic rings. The molecule has 6 heteroatoms. The molecule has 140 valence electrons. The summed E-state index contributed by atoms with van der Waals surface area (Å²) in [4.78, 5) is 28.0. The number of rotatable bonds is 7. The minimum atomic E-state index is -0.433. The number of aromatic amines is 1. The molecule has 1 aromatic carbocycles. The van der Waals surface area contributed by atoms with Crippen LogP contribution in [0.5, 0.6) is 5.75 Å². The molecule has 0 aliphatic carbocycles. The van der Waals surface area contributed by atoms with Crippen molar-refractivity contribution in [2.45, 2.75) is 47.1 Å². The maximum Gasteiger partial charge on any atom is 0.340 e. The zero-order valence-electron chi connectivity index (χ0n) is 15.9. The number of amides is 1. The maximum absolute atomic E-state index is 12.7. The number of carbonyl (C=O) groups excluding carboxylic acids is 2. The topological polar surface area (TPSA) is 80.4 Å². The van der Waals surface area contributed by atoms with Crippen molar-refractivity contribution in [3.8, 4) is 5.75 Å². The minimum absolute atomic E-state index is 0.226. The smallest absolute Gasteiger partial charge is 0.340 e. The van der Waals surface area contributed by atoms with Gasteiger partial charge in [-0.05, 0) is 51.8 Å². The van der Waals surface area contributed by atoms with Gasteiger partial charge in [0.2, 0.25) is 0 Å². The number of ether oxygens (including phenoxy) is 2. The minimum Gasteiger partial charge on any atom is -0.491 e. The van der Waals surface area contributed by atoms with E-state index in [0.717, 1.165) is 6.42 Å². The summed E-state index contributed by atoms with van der Waals surface area (Å²) in [5, 5.41) is 2.85. The lowest BCUT2D eigenvalue weighted by Crippen LogP contribution is -2.16.